The van der Waals surface area contributed by atoms with Gasteiger partial charge in [-0.1, -0.05) is 40.6 Å². The van der Waals surface area contributed by atoms with E-state index in [0.717, 1.165) is 17.2 Å². The topological polar surface area (TPSA) is 97.6 Å². The average molecular weight is 580 g/mol. The lowest BCUT2D eigenvalue weighted by atomic mass is 10.1. The van der Waals surface area contributed by atoms with Gasteiger partial charge in [-0.15, -0.1) is 5.10 Å². The molecule has 3 aromatic rings. The third kappa shape index (κ3) is 7.46. The summed E-state index contributed by atoms with van der Waals surface area (Å²) in [5.74, 6) is -0.460. The molecule has 1 aromatic heterocycles. The van der Waals surface area contributed by atoms with Gasteiger partial charge in [0, 0.05) is 19.1 Å². The fraction of sp³-hybridized carbons (Fsp3) is 0.444. The number of carbonyl (C=O) groups is 1. The molecule has 9 nitrogen and oxygen atoms in total. The number of sulfonamides is 1. The fourth-order valence-electron chi connectivity index (χ4n) is 4.79. The van der Waals surface area contributed by atoms with Gasteiger partial charge in [-0.05, 0) is 51.1 Å². The van der Waals surface area contributed by atoms with Crippen LogP contribution in [-0.4, -0.2) is 77.1 Å². The number of carbonyl (C=O) groups excluding carboxylic acids is 1. The Balaban J connectivity index is 1.28. The molecule has 1 aliphatic heterocycles. The summed E-state index contributed by atoms with van der Waals surface area (Å²) in [6, 6.07) is 10.5. The van der Waals surface area contributed by atoms with Gasteiger partial charge in [-0.2, -0.15) is 17.5 Å². The van der Waals surface area contributed by atoms with E-state index in [-0.39, 0.29) is 49.6 Å². The van der Waals surface area contributed by atoms with Crippen LogP contribution in [0.3, 0.4) is 0 Å². The summed E-state index contributed by atoms with van der Waals surface area (Å²) in [6.07, 6.45) is -2.49. The van der Waals surface area contributed by atoms with Crippen molar-refractivity contribution in [2.45, 2.75) is 45.6 Å². The van der Waals surface area contributed by atoms with Crippen LogP contribution in [0.4, 0.5) is 13.2 Å². The quantitative estimate of drug-likeness (QED) is 0.267. The Kier molecular flexibility index (Phi) is 8.96. The molecule has 1 atom stereocenters. The van der Waals surface area contributed by atoms with Gasteiger partial charge < -0.3 is 9.64 Å². The average Bonchev–Trinajstić information content (AvgIpc) is 3.43. The lowest BCUT2D eigenvalue weighted by molar-refractivity contribution is -0.138. The van der Waals surface area contributed by atoms with Gasteiger partial charge in [0.2, 0.25) is 10.0 Å². The van der Waals surface area contributed by atoms with Crippen LogP contribution in [0.2, 0.25) is 0 Å². The second kappa shape index (κ2) is 12.1. The molecular weight excluding hydrogens is 547 g/mol. The van der Waals surface area contributed by atoms with E-state index in [1.165, 1.54) is 33.4 Å². The molecule has 1 fully saturated rings. The van der Waals surface area contributed by atoms with Crippen LogP contribution in [0.15, 0.2) is 48.7 Å². The Hall–Kier alpha value is -3.29. The molecule has 216 valence electrons. The Morgan fingerprint density at radius 1 is 1.12 bits per heavy atom. The molecule has 4 rings (SSSR count). The maximum atomic E-state index is 13.3. The molecule has 0 saturated carbocycles. The lowest BCUT2D eigenvalue weighted by Crippen LogP contribution is -2.37. The minimum atomic E-state index is -4.49. The van der Waals surface area contributed by atoms with E-state index in [4.69, 9.17) is 4.74 Å². The predicted molar refractivity (Wildman–Crippen MR) is 142 cm³/mol. The Morgan fingerprint density at radius 2 is 1.82 bits per heavy atom. The predicted octanol–water partition coefficient (Wildman–Crippen LogP) is 3.65. The van der Waals surface area contributed by atoms with E-state index in [0.29, 0.717) is 24.2 Å². The number of benzene rings is 2. The molecule has 1 unspecified atom stereocenters. The van der Waals surface area contributed by atoms with Gasteiger partial charge in [-0.3, -0.25) is 0 Å². The highest BCUT2D eigenvalue weighted by atomic mass is 32.2. The second-order valence-electron chi connectivity index (χ2n) is 10.1. The molecule has 2 aromatic carbocycles. The van der Waals surface area contributed by atoms with E-state index in [2.05, 4.69) is 10.3 Å². The number of halogens is 3. The number of aromatic nitrogens is 3. The van der Waals surface area contributed by atoms with Gasteiger partial charge in [0.1, 0.15) is 0 Å². The van der Waals surface area contributed by atoms with E-state index >= 15 is 0 Å². The van der Waals surface area contributed by atoms with Crippen molar-refractivity contribution in [3.63, 3.8) is 0 Å². The Morgan fingerprint density at radius 3 is 2.52 bits per heavy atom. The molecule has 0 N–H and O–H groups in total. The number of likely N-dealkylation sites (N-methyl/N-ethyl adjacent to an activating group) is 1. The first kappa shape index (κ1) is 29.7. The van der Waals surface area contributed by atoms with Crippen LogP contribution in [-0.2, 0) is 34.0 Å². The maximum Gasteiger partial charge on any atom is 0.416 e. The van der Waals surface area contributed by atoms with E-state index < -0.39 is 21.8 Å². The van der Waals surface area contributed by atoms with Gasteiger partial charge in [0.25, 0.3) is 0 Å². The summed E-state index contributed by atoms with van der Waals surface area (Å²) >= 11 is 0. The summed E-state index contributed by atoms with van der Waals surface area (Å²) in [6.45, 7) is 4.64. The number of hydrogen-bond donors (Lipinski definition) is 0. The molecule has 0 bridgehead atoms. The number of aryl methyl sites for hydroxylation is 2. The third-order valence-electron chi connectivity index (χ3n) is 6.76. The highest BCUT2D eigenvalue weighted by molar-refractivity contribution is 7.89. The van der Waals surface area contributed by atoms with Crippen LogP contribution in [0.5, 0.6) is 0 Å². The third-order valence-corrected chi connectivity index (χ3v) is 8.63. The molecule has 0 aliphatic carbocycles. The van der Waals surface area contributed by atoms with Crippen LogP contribution >= 0.6 is 0 Å². The minimum Gasteiger partial charge on any atom is -0.462 e. The summed E-state index contributed by atoms with van der Waals surface area (Å²) < 4.78 is 73.5. The molecule has 1 aliphatic rings. The Labute approximate surface area is 231 Å². The highest BCUT2D eigenvalue weighted by Gasteiger charge is 2.38. The molecular formula is C27H32F3N5O4S. The van der Waals surface area contributed by atoms with Crippen molar-refractivity contribution in [3.8, 4) is 0 Å². The van der Waals surface area contributed by atoms with Crippen molar-refractivity contribution >= 4 is 16.0 Å². The SMILES string of the molecule is Cc1cc(C)cc(C(=O)OCCCN(C)C2CN(Cc3cn(Cc4ccccc4C(F)(F)F)nn3)S(=O)(=O)C2)c1. The number of esters is 1. The first-order valence-corrected chi connectivity index (χ1v) is 14.4. The van der Waals surface area contributed by atoms with Crippen molar-refractivity contribution in [1.82, 2.24) is 24.2 Å². The Bertz CT molecular complexity index is 1440. The second-order valence-corrected chi connectivity index (χ2v) is 12.1. The highest BCUT2D eigenvalue weighted by Crippen LogP contribution is 2.32. The van der Waals surface area contributed by atoms with Crippen molar-refractivity contribution in [2.24, 2.45) is 0 Å². The zero-order valence-corrected chi connectivity index (χ0v) is 23.4. The van der Waals surface area contributed by atoms with Crippen molar-refractivity contribution in [1.29, 1.82) is 0 Å². The molecule has 40 heavy (non-hydrogen) atoms. The first-order valence-electron chi connectivity index (χ1n) is 12.8. The largest absolute Gasteiger partial charge is 0.462 e. The number of ether oxygens (including phenoxy) is 1. The maximum absolute atomic E-state index is 13.3. The number of alkyl halides is 3. The van der Waals surface area contributed by atoms with Crippen LogP contribution in [0.25, 0.3) is 0 Å². The molecule has 13 heteroatoms. The zero-order chi connectivity index (χ0) is 29.1. The molecule has 0 amide bonds. The first-order chi connectivity index (χ1) is 18.8. The molecule has 2 heterocycles. The number of hydrogen-bond acceptors (Lipinski definition) is 7. The van der Waals surface area contributed by atoms with Crippen LogP contribution in [0.1, 0.15) is 44.7 Å². The zero-order valence-electron chi connectivity index (χ0n) is 22.6. The molecule has 0 spiro atoms. The standard InChI is InChI=1S/C27H32F3N5O4S/c1-19-11-20(2)13-22(12-19)26(36)39-10-6-9-33(3)24-17-35(40(37,38)18-24)16-23-15-34(32-31-23)14-21-7-4-5-8-25(21)27(28,29)30/h4-5,7-8,11-13,15,24H,6,9-10,14,16-18H2,1-3H3. The minimum absolute atomic E-state index is 0.0267. The van der Waals surface area contributed by atoms with Gasteiger partial charge in [0.05, 0.1) is 48.5 Å². The summed E-state index contributed by atoms with van der Waals surface area (Å²) in [5, 5.41) is 7.88. The van der Waals surface area contributed by atoms with Crippen molar-refractivity contribution in [3.05, 3.63) is 82.2 Å². The molecule has 1 saturated heterocycles. The van der Waals surface area contributed by atoms with Crippen LogP contribution in [0, 0.1) is 13.8 Å². The van der Waals surface area contributed by atoms with E-state index in [1.54, 1.807) is 12.1 Å². The molecule has 0 radical (unpaired) electrons. The fourth-order valence-corrected chi connectivity index (χ4v) is 6.58. The monoisotopic (exact) mass is 579 g/mol. The van der Waals surface area contributed by atoms with Crippen molar-refractivity contribution < 1.29 is 31.1 Å². The van der Waals surface area contributed by atoms with Crippen LogP contribution < -0.4 is 0 Å². The van der Waals surface area contributed by atoms with Crippen molar-refractivity contribution in [2.75, 3.05) is 32.5 Å². The summed E-state index contributed by atoms with van der Waals surface area (Å²) in [5.41, 5.74) is 2.10. The number of nitrogens with zero attached hydrogens (tertiary/aromatic N) is 5. The smallest absolute Gasteiger partial charge is 0.416 e. The summed E-state index contributed by atoms with van der Waals surface area (Å²) in [4.78, 5) is 14.3. The summed E-state index contributed by atoms with van der Waals surface area (Å²) in [7, 11) is -1.74. The van der Waals surface area contributed by atoms with Gasteiger partial charge in [-0.25, -0.2) is 17.9 Å². The van der Waals surface area contributed by atoms with Gasteiger partial charge in [0.15, 0.2) is 0 Å². The normalized spacial score (nSPS) is 17.4. The number of rotatable bonds is 10. The lowest BCUT2D eigenvalue weighted by Gasteiger charge is -2.23. The van der Waals surface area contributed by atoms with E-state index in [9.17, 15) is 26.4 Å². The van der Waals surface area contributed by atoms with Gasteiger partial charge >= 0.3 is 12.1 Å². The van der Waals surface area contributed by atoms with E-state index in [1.807, 2.05) is 31.9 Å².